The number of imidazole rings is 1. The SMILES string of the molecule is CC(C)(C)c1ccc2nc(Nc3ccccc3N3CC(C)(C)C4CC=CC=C43)[nH]c2c1. The van der Waals surface area contributed by atoms with Gasteiger partial charge in [-0.3, -0.25) is 0 Å². The number of hydrogen-bond donors (Lipinski definition) is 2. The molecule has 4 heteroatoms. The van der Waals surface area contributed by atoms with E-state index in [1.807, 2.05) is 0 Å². The zero-order chi connectivity index (χ0) is 21.8. The van der Waals surface area contributed by atoms with E-state index >= 15 is 0 Å². The van der Waals surface area contributed by atoms with E-state index in [9.17, 15) is 0 Å². The van der Waals surface area contributed by atoms with Gasteiger partial charge in [-0.15, -0.1) is 0 Å². The van der Waals surface area contributed by atoms with Crippen LogP contribution in [0.3, 0.4) is 0 Å². The lowest BCUT2D eigenvalue weighted by molar-refractivity contribution is 0.306. The van der Waals surface area contributed by atoms with Gasteiger partial charge >= 0.3 is 0 Å². The van der Waals surface area contributed by atoms with E-state index in [0.29, 0.717) is 5.92 Å². The molecule has 2 aliphatic rings. The lowest BCUT2D eigenvalue weighted by atomic mass is 9.77. The summed E-state index contributed by atoms with van der Waals surface area (Å²) in [6, 6.07) is 15.1. The number of benzene rings is 2. The van der Waals surface area contributed by atoms with Gasteiger partial charge in [0.2, 0.25) is 5.95 Å². The molecule has 1 fully saturated rings. The number of nitrogens with one attached hydrogen (secondary N) is 2. The molecule has 0 amide bonds. The first kappa shape index (κ1) is 19.9. The fourth-order valence-corrected chi connectivity index (χ4v) is 4.93. The van der Waals surface area contributed by atoms with Crippen molar-refractivity contribution in [3.8, 4) is 0 Å². The van der Waals surface area contributed by atoms with Crippen LogP contribution in [0.2, 0.25) is 0 Å². The molecule has 3 aromatic rings. The molecular formula is C27H32N4. The van der Waals surface area contributed by atoms with Crippen LogP contribution in [0.5, 0.6) is 0 Å². The van der Waals surface area contributed by atoms with Crippen LogP contribution in [0.15, 0.2) is 66.4 Å². The van der Waals surface area contributed by atoms with Gasteiger partial charge in [-0.25, -0.2) is 4.98 Å². The predicted molar refractivity (Wildman–Crippen MR) is 131 cm³/mol. The largest absolute Gasteiger partial charge is 0.343 e. The Morgan fingerprint density at radius 1 is 1.13 bits per heavy atom. The van der Waals surface area contributed by atoms with Gasteiger partial charge in [0.15, 0.2) is 0 Å². The average molecular weight is 413 g/mol. The third-order valence-electron chi connectivity index (χ3n) is 6.75. The molecule has 31 heavy (non-hydrogen) atoms. The third kappa shape index (κ3) is 3.54. The number of anilines is 3. The van der Waals surface area contributed by atoms with Crippen molar-refractivity contribution in [1.29, 1.82) is 0 Å². The smallest absolute Gasteiger partial charge is 0.205 e. The highest BCUT2D eigenvalue weighted by atomic mass is 15.2. The van der Waals surface area contributed by atoms with Crippen molar-refractivity contribution in [1.82, 2.24) is 9.97 Å². The number of rotatable bonds is 3. The number of allylic oxidation sites excluding steroid dienone is 4. The van der Waals surface area contributed by atoms with E-state index in [2.05, 4.69) is 111 Å². The first-order valence-electron chi connectivity index (χ1n) is 11.2. The Balaban J connectivity index is 1.49. The second-order valence-corrected chi connectivity index (χ2v) is 10.6. The van der Waals surface area contributed by atoms with Gasteiger partial charge in [-0.2, -0.15) is 0 Å². The Morgan fingerprint density at radius 2 is 1.94 bits per heavy atom. The minimum Gasteiger partial charge on any atom is -0.343 e. The van der Waals surface area contributed by atoms with Gasteiger partial charge in [-0.1, -0.05) is 65.0 Å². The molecule has 2 N–H and O–H groups in total. The Labute approximate surface area is 185 Å². The van der Waals surface area contributed by atoms with Crippen LogP contribution in [0, 0.1) is 11.3 Å². The van der Waals surface area contributed by atoms with Crippen LogP contribution < -0.4 is 10.2 Å². The predicted octanol–water partition coefficient (Wildman–Crippen LogP) is 6.91. The fraction of sp³-hybridized carbons (Fsp3) is 0.370. The molecule has 1 aliphatic heterocycles. The highest BCUT2D eigenvalue weighted by Gasteiger charge is 2.43. The molecule has 2 heterocycles. The lowest BCUT2D eigenvalue weighted by Crippen LogP contribution is -2.23. The second-order valence-electron chi connectivity index (χ2n) is 10.6. The molecule has 0 bridgehead atoms. The normalized spacial score (nSPS) is 20.1. The van der Waals surface area contributed by atoms with Crippen molar-refractivity contribution in [2.45, 2.75) is 46.5 Å². The monoisotopic (exact) mass is 412 g/mol. The fourth-order valence-electron chi connectivity index (χ4n) is 4.93. The van der Waals surface area contributed by atoms with Crippen molar-refractivity contribution in [3.05, 3.63) is 72.0 Å². The van der Waals surface area contributed by atoms with Gasteiger partial charge in [-0.05, 0) is 53.2 Å². The quantitative estimate of drug-likeness (QED) is 0.491. The summed E-state index contributed by atoms with van der Waals surface area (Å²) < 4.78 is 0. The molecule has 0 saturated carbocycles. The van der Waals surface area contributed by atoms with Crippen LogP contribution >= 0.6 is 0 Å². The first-order valence-corrected chi connectivity index (χ1v) is 11.2. The van der Waals surface area contributed by atoms with Crippen molar-refractivity contribution in [2.24, 2.45) is 11.3 Å². The molecule has 1 aromatic heterocycles. The maximum absolute atomic E-state index is 4.80. The standard InChI is InChI=1S/C27H32N4/c1-26(2,3)18-14-15-20-22(16-18)30-25(28-20)29-21-11-7-9-13-24(21)31-17-27(4,5)19-10-6-8-12-23(19)31/h6-9,11-16,19H,10,17H2,1-5H3,(H2,28,29,30). The lowest BCUT2D eigenvalue weighted by Gasteiger charge is -2.26. The highest BCUT2D eigenvalue weighted by Crippen LogP contribution is 2.49. The minimum absolute atomic E-state index is 0.112. The van der Waals surface area contributed by atoms with Crippen LogP contribution in [0.25, 0.3) is 11.0 Å². The molecule has 5 rings (SSSR count). The topological polar surface area (TPSA) is 44.0 Å². The van der Waals surface area contributed by atoms with E-state index in [1.54, 1.807) is 0 Å². The number of aromatic amines is 1. The summed E-state index contributed by atoms with van der Waals surface area (Å²) in [5.74, 6) is 1.34. The molecule has 0 radical (unpaired) electrons. The summed E-state index contributed by atoms with van der Waals surface area (Å²) >= 11 is 0. The Bertz CT molecular complexity index is 1190. The molecule has 1 unspecified atom stereocenters. The average Bonchev–Trinajstić information content (AvgIpc) is 3.25. The zero-order valence-electron chi connectivity index (χ0n) is 19.2. The van der Waals surface area contributed by atoms with Crippen molar-refractivity contribution >= 4 is 28.4 Å². The van der Waals surface area contributed by atoms with Crippen molar-refractivity contribution in [2.75, 3.05) is 16.8 Å². The number of nitrogens with zero attached hydrogens (tertiary/aromatic N) is 2. The molecule has 1 aliphatic carbocycles. The maximum atomic E-state index is 4.80. The Hall–Kier alpha value is -3.01. The minimum atomic E-state index is 0.112. The second kappa shape index (κ2) is 7.01. The van der Waals surface area contributed by atoms with Gasteiger partial charge in [0, 0.05) is 18.2 Å². The summed E-state index contributed by atoms with van der Waals surface area (Å²) in [7, 11) is 0. The summed E-state index contributed by atoms with van der Waals surface area (Å²) in [6.07, 6.45) is 7.89. The summed E-state index contributed by atoms with van der Waals surface area (Å²) in [6.45, 7) is 12.5. The van der Waals surface area contributed by atoms with Gasteiger partial charge in [0.1, 0.15) is 0 Å². The molecular weight excluding hydrogens is 380 g/mol. The summed E-state index contributed by atoms with van der Waals surface area (Å²) in [5, 5.41) is 3.57. The zero-order valence-corrected chi connectivity index (χ0v) is 19.2. The van der Waals surface area contributed by atoms with Gasteiger partial charge in [0.05, 0.1) is 22.4 Å². The Kier molecular flexibility index (Phi) is 4.51. The molecule has 1 atom stereocenters. The van der Waals surface area contributed by atoms with Crippen LogP contribution in [-0.2, 0) is 5.41 Å². The van der Waals surface area contributed by atoms with Gasteiger partial charge in [0.25, 0.3) is 0 Å². The number of para-hydroxylation sites is 2. The van der Waals surface area contributed by atoms with Crippen LogP contribution in [-0.4, -0.2) is 16.5 Å². The molecule has 2 aromatic carbocycles. The maximum Gasteiger partial charge on any atom is 0.205 e. The van der Waals surface area contributed by atoms with Crippen molar-refractivity contribution < 1.29 is 0 Å². The van der Waals surface area contributed by atoms with E-state index < -0.39 is 0 Å². The molecule has 0 spiro atoms. The van der Waals surface area contributed by atoms with Crippen LogP contribution in [0.4, 0.5) is 17.3 Å². The van der Waals surface area contributed by atoms with Crippen LogP contribution in [0.1, 0.15) is 46.6 Å². The summed E-state index contributed by atoms with van der Waals surface area (Å²) in [4.78, 5) is 10.8. The summed E-state index contributed by atoms with van der Waals surface area (Å²) in [5.41, 5.74) is 7.40. The van der Waals surface area contributed by atoms with E-state index in [1.165, 1.54) is 16.9 Å². The third-order valence-corrected chi connectivity index (χ3v) is 6.75. The van der Waals surface area contributed by atoms with Gasteiger partial charge < -0.3 is 15.2 Å². The van der Waals surface area contributed by atoms with E-state index in [0.717, 1.165) is 35.6 Å². The van der Waals surface area contributed by atoms with E-state index in [-0.39, 0.29) is 10.8 Å². The molecule has 1 saturated heterocycles. The number of aromatic nitrogens is 2. The number of fused-ring (bicyclic) bond motifs is 2. The first-order chi connectivity index (χ1) is 14.7. The highest BCUT2D eigenvalue weighted by molar-refractivity contribution is 5.82. The number of H-pyrrole nitrogens is 1. The van der Waals surface area contributed by atoms with Crippen molar-refractivity contribution in [3.63, 3.8) is 0 Å². The molecule has 4 nitrogen and oxygen atoms in total. The number of hydrogen-bond acceptors (Lipinski definition) is 3. The Morgan fingerprint density at radius 3 is 2.74 bits per heavy atom. The molecule has 160 valence electrons. The van der Waals surface area contributed by atoms with E-state index in [4.69, 9.17) is 4.98 Å².